The fourth-order valence-electron chi connectivity index (χ4n) is 3.31. The van der Waals surface area contributed by atoms with E-state index in [9.17, 15) is 18.0 Å². The fraction of sp³-hybridized carbons (Fsp3) is 0.333. The number of aryl methyl sites for hydroxylation is 1. The van der Waals surface area contributed by atoms with Gasteiger partial charge in [0.05, 0.1) is 29.3 Å². The third-order valence-electron chi connectivity index (χ3n) is 4.75. The SMILES string of the molecule is CCOC(=O)c1ccccc1NC(=O)c1ccc(N2CCCCS2(=O)=O)c(C)c1. The van der Waals surface area contributed by atoms with Gasteiger partial charge in [-0.05, 0) is 62.6 Å². The molecule has 0 saturated carbocycles. The average Bonchev–Trinajstić information content (AvgIpc) is 2.68. The maximum atomic E-state index is 12.7. The number of esters is 1. The zero-order valence-electron chi connectivity index (χ0n) is 16.5. The monoisotopic (exact) mass is 416 g/mol. The number of sulfonamides is 1. The molecule has 0 spiro atoms. The summed E-state index contributed by atoms with van der Waals surface area (Å²) in [5.41, 5.74) is 2.29. The summed E-state index contributed by atoms with van der Waals surface area (Å²) in [5.74, 6) is -0.762. The van der Waals surface area contributed by atoms with Gasteiger partial charge in [0, 0.05) is 12.1 Å². The number of amides is 1. The third-order valence-corrected chi connectivity index (χ3v) is 6.60. The Labute approximate surface area is 170 Å². The van der Waals surface area contributed by atoms with Crippen molar-refractivity contribution in [3.05, 3.63) is 59.2 Å². The van der Waals surface area contributed by atoms with Crippen molar-refractivity contribution in [2.45, 2.75) is 26.7 Å². The van der Waals surface area contributed by atoms with Crippen LogP contribution >= 0.6 is 0 Å². The van der Waals surface area contributed by atoms with E-state index in [0.29, 0.717) is 35.5 Å². The number of ether oxygens (including phenoxy) is 1. The predicted octanol–water partition coefficient (Wildman–Crippen LogP) is 3.35. The maximum Gasteiger partial charge on any atom is 0.340 e. The molecule has 1 saturated heterocycles. The quantitative estimate of drug-likeness (QED) is 0.755. The number of rotatable bonds is 5. The molecule has 1 N–H and O–H groups in total. The van der Waals surface area contributed by atoms with Gasteiger partial charge in [-0.25, -0.2) is 13.2 Å². The van der Waals surface area contributed by atoms with Crippen LogP contribution in [0.5, 0.6) is 0 Å². The van der Waals surface area contributed by atoms with Gasteiger partial charge in [0.2, 0.25) is 10.0 Å². The van der Waals surface area contributed by atoms with Crippen molar-refractivity contribution in [3.63, 3.8) is 0 Å². The summed E-state index contributed by atoms with van der Waals surface area (Å²) in [6, 6.07) is 11.5. The minimum atomic E-state index is -3.32. The zero-order valence-corrected chi connectivity index (χ0v) is 17.3. The molecule has 8 heteroatoms. The summed E-state index contributed by atoms with van der Waals surface area (Å²) < 4.78 is 31.1. The topological polar surface area (TPSA) is 92.8 Å². The van der Waals surface area contributed by atoms with Gasteiger partial charge >= 0.3 is 5.97 Å². The van der Waals surface area contributed by atoms with E-state index in [-0.39, 0.29) is 17.9 Å². The highest BCUT2D eigenvalue weighted by Gasteiger charge is 2.27. The molecular weight excluding hydrogens is 392 g/mol. The smallest absolute Gasteiger partial charge is 0.340 e. The summed E-state index contributed by atoms with van der Waals surface area (Å²) in [6.45, 7) is 4.18. The third kappa shape index (κ3) is 4.59. The summed E-state index contributed by atoms with van der Waals surface area (Å²) in [4.78, 5) is 24.8. The highest BCUT2D eigenvalue weighted by molar-refractivity contribution is 7.92. The Hall–Kier alpha value is -2.87. The molecule has 0 aromatic heterocycles. The van der Waals surface area contributed by atoms with Gasteiger partial charge in [0.25, 0.3) is 5.91 Å². The summed E-state index contributed by atoms with van der Waals surface area (Å²) in [5, 5.41) is 2.74. The highest BCUT2D eigenvalue weighted by atomic mass is 32.2. The minimum absolute atomic E-state index is 0.138. The Bertz CT molecular complexity index is 1030. The predicted molar refractivity (Wildman–Crippen MR) is 112 cm³/mol. The Morgan fingerprint density at radius 1 is 1.14 bits per heavy atom. The van der Waals surface area contributed by atoms with Crippen molar-refractivity contribution in [3.8, 4) is 0 Å². The van der Waals surface area contributed by atoms with Crippen LogP contribution in [0.4, 0.5) is 11.4 Å². The Kier molecular flexibility index (Phi) is 6.22. The first-order chi connectivity index (χ1) is 13.8. The second kappa shape index (κ2) is 8.65. The Balaban J connectivity index is 1.83. The molecule has 1 aliphatic rings. The van der Waals surface area contributed by atoms with Gasteiger partial charge in [0.15, 0.2) is 0 Å². The van der Waals surface area contributed by atoms with Crippen molar-refractivity contribution in [2.24, 2.45) is 0 Å². The molecule has 1 amide bonds. The number of anilines is 2. The lowest BCUT2D eigenvalue weighted by molar-refractivity contribution is 0.0527. The molecular formula is C21H24N2O5S. The zero-order chi connectivity index (χ0) is 21.0. The van der Waals surface area contributed by atoms with E-state index in [1.807, 2.05) is 0 Å². The lowest BCUT2D eigenvalue weighted by Crippen LogP contribution is -2.38. The Morgan fingerprint density at radius 2 is 1.90 bits per heavy atom. The first-order valence-electron chi connectivity index (χ1n) is 9.52. The van der Waals surface area contributed by atoms with Crippen molar-refractivity contribution in [1.82, 2.24) is 0 Å². The molecule has 1 aliphatic heterocycles. The largest absolute Gasteiger partial charge is 0.462 e. The van der Waals surface area contributed by atoms with Gasteiger partial charge in [-0.2, -0.15) is 0 Å². The van der Waals surface area contributed by atoms with Gasteiger partial charge < -0.3 is 10.1 Å². The van der Waals surface area contributed by atoms with E-state index < -0.39 is 21.9 Å². The number of carbonyl (C=O) groups excluding carboxylic acids is 2. The highest BCUT2D eigenvalue weighted by Crippen LogP contribution is 2.28. The maximum absolute atomic E-state index is 12.7. The minimum Gasteiger partial charge on any atom is -0.462 e. The van der Waals surface area contributed by atoms with Crippen LogP contribution in [0.2, 0.25) is 0 Å². The van der Waals surface area contributed by atoms with Crippen LogP contribution in [-0.2, 0) is 14.8 Å². The Morgan fingerprint density at radius 3 is 2.59 bits per heavy atom. The van der Waals surface area contributed by atoms with Crippen molar-refractivity contribution in [2.75, 3.05) is 28.5 Å². The van der Waals surface area contributed by atoms with E-state index >= 15 is 0 Å². The number of nitrogens with zero attached hydrogens (tertiary/aromatic N) is 1. The molecule has 2 aromatic carbocycles. The van der Waals surface area contributed by atoms with Crippen LogP contribution in [0.3, 0.4) is 0 Å². The molecule has 0 radical (unpaired) electrons. The molecule has 3 rings (SSSR count). The first-order valence-corrected chi connectivity index (χ1v) is 11.1. The molecule has 0 unspecified atom stereocenters. The van der Waals surface area contributed by atoms with Crippen LogP contribution in [-0.4, -0.2) is 39.2 Å². The lowest BCUT2D eigenvalue weighted by Gasteiger charge is -2.29. The second-order valence-electron chi connectivity index (χ2n) is 6.82. The molecule has 29 heavy (non-hydrogen) atoms. The van der Waals surface area contributed by atoms with E-state index in [4.69, 9.17) is 4.74 Å². The van der Waals surface area contributed by atoms with E-state index in [0.717, 1.165) is 6.42 Å². The van der Waals surface area contributed by atoms with Gasteiger partial charge in [-0.15, -0.1) is 0 Å². The molecule has 1 fully saturated rings. The number of hydrogen-bond donors (Lipinski definition) is 1. The van der Waals surface area contributed by atoms with Crippen LogP contribution in [0, 0.1) is 6.92 Å². The molecule has 2 aromatic rings. The number of hydrogen-bond acceptors (Lipinski definition) is 5. The average molecular weight is 416 g/mol. The molecule has 0 aliphatic carbocycles. The lowest BCUT2D eigenvalue weighted by atomic mass is 10.1. The molecule has 154 valence electrons. The van der Waals surface area contributed by atoms with Gasteiger partial charge in [0.1, 0.15) is 0 Å². The summed E-state index contributed by atoms with van der Waals surface area (Å²) in [6.07, 6.45) is 1.48. The fourth-order valence-corrected chi connectivity index (χ4v) is 5.01. The number of para-hydroxylation sites is 1. The van der Waals surface area contributed by atoms with E-state index in [1.165, 1.54) is 4.31 Å². The van der Waals surface area contributed by atoms with Crippen molar-refractivity contribution in [1.29, 1.82) is 0 Å². The first kappa shape index (κ1) is 20.9. The molecule has 0 atom stereocenters. The normalized spacial score (nSPS) is 15.6. The number of carbonyl (C=O) groups is 2. The second-order valence-corrected chi connectivity index (χ2v) is 8.83. The van der Waals surface area contributed by atoms with Crippen LogP contribution in [0.15, 0.2) is 42.5 Å². The molecule has 0 bridgehead atoms. The van der Waals surface area contributed by atoms with E-state index in [2.05, 4.69) is 5.32 Å². The van der Waals surface area contributed by atoms with Crippen molar-refractivity contribution < 1.29 is 22.7 Å². The number of nitrogens with one attached hydrogen (secondary N) is 1. The number of benzene rings is 2. The van der Waals surface area contributed by atoms with Crippen LogP contribution < -0.4 is 9.62 Å². The van der Waals surface area contributed by atoms with Crippen LogP contribution in [0.25, 0.3) is 0 Å². The molecule has 1 heterocycles. The standard InChI is InChI=1S/C21H24N2O5S/c1-3-28-21(25)17-8-4-5-9-18(17)22-20(24)16-10-11-19(15(2)14-16)23-12-6-7-13-29(23,26)27/h4-5,8-11,14H,3,6-7,12-13H2,1-2H3,(H,22,24). The van der Waals surface area contributed by atoms with E-state index in [1.54, 1.807) is 56.3 Å². The van der Waals surface area contributed by atoms with Gasteiger partial charge in [-0.1, -0.05) is 12.1 Å². The van der Waals surface area contributed by atoms with Gasteiger partial charge in [-0.3, -0.25) is 9.10 Å². The summed E-state index contributed by atoms with van der Waals surface area (Å²) >= 11 is 0. The summed E-state index contributed by atoms with van der Waals surface area (Å²) in [7, 11) is -3.32. The van der Waals surface area contributed by atoms with Crippen molar-refractivity contribution >= 4 is 33.3 Å². The molecule has 7 nitrogen and oxygen atoms in total. The van der Waals surface area contributed by atoms with Crippen LogP contribution in [0.1, 0.15) is 46.0 Å².